The van der Waals surface area contributed by atoms with Crippen LogP contribution >= 0.6 is 11.6 Å². The first-order valence-corrected chi connectivity index (χ1v) is 12.7. The fourth-order valence-electron chi connectivity index (χ4n) is 4.31. The highest BCUT2D eigenvalue weighted by Crippen LogP contribution is 2.36. The lowest BCUT2D eigenvalue weighted by atomic mass is 9.99. The summed E-state index contributed by atoms with van der Waals surface area (Å²) in [5.41, 5.74) is 2.52. The van der Waals surface area contributed by atoms with Gasteiger partial charge in [0.05, 0.1) is 0 Å². The lowest BCUT2D eigenvalue weighted by molar-refractivity contribution is -0.150. The number of Topliss-reactive ketones (excluding diaryl/α,β-unsaturated/α-hetero) is 1. The van der Waals surface area contributed by atoms with Crippen molar-refractivity contribution in [3.63, 3.8) is 0 Å². The van der Waals surface area contributed by atoms with Gasteiger partial charge in [-0.2, -0.15) is 0 Å². The van der Waals surface area contributed by atoms with Crippen molar-refractivity contribution in [2.45, 2.75) is 12.3 Å². The normalized spacial score (nSPS) is 11.7. The van der Waals surface area contributed by atoms with Crippen LogP contribution in [0.5, 0.6) is 0 Å². The molecule has 5 aromatic rings. The van der Waals surface area contributed by atoms with E-state index >= 15 is 0 Å². The summed E-state index contributed by atoms with van der Waals surface area (Å²) in [7, 11) is 0. The molecule has 1 unspecified atom stereocenters. The number of aliphatic carboxylic acids is 1. The van der Waals surface area contributed by atoms with E-state index in [0.717, 1.165) is 11.1 Å². The van der Waals surface area contributed by atoms with Gasteiger partial charge in [0, 0.05) is 29.4 Å². The topological polar surface area (TPSA) is 109 Å². The number of aromatic nitrogens is 3. The first kappa shape index (κ1) is 26.7. The SMILES string of the molecule is O=C(O)C(=O)C(CCN(c1ccc(F)cc1)c1cc(Cl)ncn1)c1nc(-c2ccccc2)c(-c2ccccc2)o1. The number of carbonyl (C=O) groups is 2. The average Bonchev–Trinajstić information content (AvgIpc) is 3.42. The number of hydrogen-bond acceptors (Lipinski definition) is 7. The Bertz CT molecular complexity index is 1570. The smallest absolute Gasteiger partial charge is 0.373 e. The maximum atomic E-state index is 13.7. The molecular formula is C30H22ClFN4O4. The highest BCUT2D eigenvalue weighted by molar-refractivity contribution is 6.34. The second-order valence-corrected chi connectivity index (χ2v) is 9.19. The fraction of sp³-hybridized carbons (Fsp3) is 0.100. The minimum atomic E-state index is -1.61. The molecule has 0 aliphatic heterocycles. The van der Waals surface area contributed by atoms with Crippen molar-refractivity contribution in [1.82, 2.24) is 15.0 Å². The van der Waals surface area contributed by atoms with Gasteiger partial charge in [0.1, 0.15) is 34.7 Å². The Morgan fingerprint density at radius 1 is 0.925 bits per heavy atom. The zero-order chi connectivity index (χ0) is 28.1. The van der Waals surface area contributed by atoms with Crippen molar-refractivity contribution in [3.05, 3.63) is 114 Å². The van der Waals surface area contributed by atoms with E-state index in [2.05, 4.69) is 15.0 Å². The number of hydrogen-bond donors (Lipinski definition) is 1. The third-order valence-corrected chi connectivity index (χ3v) is 6.43. The predicted molar refractivity (Wildman–Crippen MR) is 148 cm³/mol. The van der Waals surface area contributed by atoms with Crippen LogP contribution in [-0.4, -0.2) is 38.4 Å². The number of halogens is 2. The molecule has 0 saturated heterocycles. The van der Waals surface area contributed by atoms with Crippen LogP contribution in [-0.2, 0) is 9.59 Å². The van der Waals surface area contributed by atoms with Gasteiger partial charge in [0.2, 0.25) is 5.89 Å². The average molecular weight is 557 g/mol. The molecule has 2 heterocycles. The van der Waals surface area contributed by atoms with Crippen molar-refractivity contribution in [1.29, 1.82) is 0 Å². The van der Waals surface area contributed by atoms with Crippen molar-refractivity contribution >= 4 is 34.9 Å². The van der Waals surface area contributed by atoms with Crippen molar-refractivity contribution in [2.75, 3.05) is 11.4 Å². The summed E-state index contributed by atoms with van der Waals surface area (Å²) in [6.07, 6.45) is 1.27. The molecule has 200 valence electrons. The van der Waals surface area contributed by atoms with Gasteiger partial charge in [-0.25, -0.2) is 24.1 Å². The Hall–Kier alpha value is -4.89. The molecule has 10 heteroatoms. The molecule has 0 bridgehead atoms. The second-order valence-electron chi connectivity index (χ2n) is 8.80. The van der Waals surface area contributed by atoms with Crippen molar-refractivity contribution in [2.24, 2.45) is 0 Å². The number of rotatable bonds is 10. The summed E-state index contributed by atoms with van der Waals surface area (Å²) in [5, 5.41) is 9.86. The molecule has 0 saturated carbocycles. The van der Waals surface area contributed by atoms with E-state index in [-0.39, 0.29) is 24.0 Å². The van der Waals surface area contributed by atoms with Crippen LogP contribution in [0.25, 0.3) is 22.6 Å². The first-order chi connectivity index (χ1) is 19.4. The first-order valence-electron chi connectivity index (χ1n) is 12.3. The number of carbonyl (C=O) groups excluding carboxylic acids is 1. The fourth-order valence-corrected chi connectivity index (χ4v) is 4.45. The molecule has 2 aromatic heterocycles. The van der Waals surface area contributed by atoms with Gasteiger partial charge in [-0.05, 0) is 30.7 Å². The third-order valence-electron chi connectivity index (χ3n) is 6.23. The number of oxazole rings is 1. The summed E-state index contributed by atoms with van der Waals surface area (Å²) in [6, 6.07) is 25.7. The predicted octanol–water partition coefficient (Wildman–Crippen LogP) is 6.56. The van der Waals surface area contributed by atoms with E-state index in [4.69, 9.17) is 16.0 Å². The van der Waals surface area contributed by atoms with E-state index in [1.54, 1.807) is 17.0 Å². The highest BCUT2D eigenvalue weighted by Gasteiger charge is 2.33. The Kier molecular flexibility index (Phi) is 7.93. The molecule has 0 radical (unpaired) electrons. The summed E-state index contributed by atoms with van der Waals surface area (Å²) in [4.78, 5) is 39.4. The number of carboxylic acids is 1. The van der Waals surface area contributed by atoms with Crippen LogP contribution in [0.1, 0.15) is 18.2 Å². The molecule has 5 rings (SSSR count). The molecule has 0 amide bonds. The molecular weight excluding hydrogens is 535 g/mol. The zero-order valence-corrected chi connectivity index (χ0v) is 21.7. The molecule has 0 spiro atoms. The number of carboxylic acid groups (broad SMARTS) is 1. The maximum absolute atomic E-state index is 13.7. The van der Waals surface area contributed by atoms with Crippen molar-refractivity contribution in [3.8, 4) is 22.6 Å². The van der Waals surface area contributed by atoms with E-state index in [1.165, 1.54) is 24.5 Å². The van der Waals surface area contributed by atoms with Gasteiger partial charge in [-0.1, -0.05) is 72.3 Å². The Labute approximate surface area is 233 Å². The third kappa shape index (κ3) is 5.89. The molecule has 0 fully saturated rings. The Balaban J connectivity index is 1.55. The van der Waals surface area contributed by atoms with Gasteiger partial charge in [-0.15, -0.1) is 0 Å². The highest BCUT2D eigenvalue weighted by atomic mass is 35.5. The van der Waals surface area contributed by atoms with Crippen LogP contribution in [0, 0.1) is 5.82 Å². The van der Waals surface area contributed by atoms with Gasteiger partial charge in [-0.3, -0.25) is 4.79 Å². The lowest BCUT2D eigenvalue weighted by Gasteiger charge is -2.25. The lowest BCUT2D eigenvalue weighted by Crippen LogP contribution is -2.27. The van der Waals surface area contributed by atoms with Crippen LogP contribution in [0.4, 0.5) is 15.9 Å². The van der Waals surface area contributed by atoms with E-state index in [0.29, 0.717) is 23.0 Å². The second kappa shape index (κ2) is 11.9. The molecule has 1 N–H and O–H groups in total. The van der Waals surface area contributed by atoms with Crippen LogP contribution in [0.15, 0.2) is 102 Å². The van der Waals surface area contributed by atoms with Gasteiger partial charge in [0.15, 0.2) is 5.76 Å². The Morgan fingerprint density at radius 3 is 2.20 bits per heavy atom. The van der Waals surface area contributed by atoms with Crippen LogP contribution in [0.2, 0.25) is 5.15 Å². The summed E-state index contributed by atoms with van der Waals surface area (Å²) < 4.78 is 19.8. The number of nitrogens with zero attached hydrogens (tertiary/aromatic N) is 4. The standard InChI is InChI=1S/C30H22ClFN4O4/c31-24-17-25(34-18-33-24)36(22-13-11-21(32)12-14-22)16-15-23(27(37)30(38)39)29-35-26(19-7-3-1-4-8-19)28(40-29)20-9-5-2-6-10-20/h1-14,17-18,23H,15-16H2,(H,38,39). The largest absolute Gasteiger partial charge is 0.475 e. The quantitative estimate of drug-likeness (QED) is 0.152. The van der Waals surface area contributed by atoms with E-state index in [1.807, 2.05) is 60.7 Å². The monoisotopic (exact) mass is 556 g/mol. The van der Waals surface area contributed by atoms with Crippen LogP contribution < -0.4 is 4.90 Å². The minimum absolute atomic E-state index is 0.00684. The maximum Gasteiger partial charge on any atom is 0.373 e. The van der Waals surface area contributed by atoms with Gasteiger partial charge in [0.25, 0.3) is 5.78 Å². The minimum Gasteiger partial charge on any atom is -0.475 e. The Morgan fingerprint density at radius 2 is 1.57 bits per heavy atom. The summed E-state index contributed by atoms with van der Waals surface area (Å²) in [6.45, 7) is 0.104. The number of benzene rings is 3. The van der Waals surface area contributed by atoms with Gasteiger partial charge < -0.3 is 14.4 Å². The molecule has 0 aliphatic rings. The van der Waals surface area contributed by atoms with E-state index in [9.17, 15) is 19.1 Å². The van der Waals surface area contributed by atoms with Crippen LogP contribution in [0.3, 0.4) is 0 Å². The molecule has 3 aromatic carbocycles. The van der Waals surface area contributed by atoms with E-state index < -0.39 is 23.5 Å². The number of ketones is 1. The summed E-state index contributed by atoms with van der Waals surface area (Å²) >= 11 is 6.09. The zero-order valence-electron chi connectivity index (χ0n) is 20.9. The summed E-state index contributed by atoms with van der Waals surface area (Å²) in [5.74, 6) is -3.55. The number of anilines is 2. The van der Waals surface area contributed by atoms with Gasteiger partial charge >= 0.3 is 5.97 Å². The molecule has 1 atom stereocenters. The molecule has 8 nitrogen and oxygen atoms in total. The molecule has 40 heavy (non-hydrogen) atoms. The molecule has 0 aliphatic carbocycles. The van der Waals surface area contributed by atoms with Crippen molar-refractivity contribution < 1.29 is 23.5 Å².